The fourth-order valence-electron chi connectivity index (χ4n) is 3.24. The number of anilines is 1. The van der Waals surface area contributed by atoms with E-state index >= 15 is 0 Å². The van der Waals surface area contributed by atoms with Crippen LogP contribution in [0.1, 0.15) is 22.4 Å². The molecule has 1 aliphatic carbocycles. The average Bonchev–Trinajstić information content (AvgIpc) is 3.20. The predicted octanol–water partition coefficient (Wildman–Crippen LogP) is 4.28. The molecule has 0 radical (unpaired) electrons. The third-order valence-corrected chi connectivity index (χ3v) is 5.60. The van der Waals surface area contributed by atoms with Crippen molar-refractivity contribution in [2.45, 2.75) is 19.3 Å². The molecule has 4 rings (SSSR count). The molecule has 0 fully saturated rings. The predicted molar refractivity (Wildman–Crippen MR) is 99.1 cm³/mol. The summed E-state index contributed by atoms with van der Waals surface area (Å²) in [6.45, 7) is -0.0819. The van der Waals surface area contributed by atoms with Gasteiger partial charge in [0, 0.05) is 10.3 Å². The van der Waals surface area contributed by atoms with Crippen LogP contribution in [0.15, 0.2) is 42.5 Å². The number of ether oxygens (including phenoxy) is 1. The summed E-state index contributed by atoms with van der Waals surface area (Å²) < 4.78 is 5.71. The number of benzene rings is 2. The van der Waals surface area contributed by atoms with Crippen LogP contribution in [-0.4, -0.2) is 12.5 Å². The molecule has 1 N–H and O–H groups in total. The minimum absolute atomic E-state index is 0.0819. The van der Waals surface area contributed by atoms with E-state index in [1.807, 2.05) is 42.5 Å². The van der Waals surface area contributed by atoms with E-state index in [4.69, 9.17) is 4.74 Å². The Balaban J connectivity index is 1.47. The number of hydrogen-bond donors (Lipinski definition) is 1. The van der Waals surface area contributed by atoms with Crippen LogP contribution in [0.3, 0.4) is 0 Å². The first-order chi connectivity index (χ1) is 12.3. The van der Waals surface area contributed by atoms with Crippen LogP contribution in [0.5, 0.6) is 5.75 Å². The van der Waals surface area contributed by atoms with Gasteiger partial charge in [0.2, 0.25) is 0 Å². The van der Waals surface area contributed by atoms with Gasteiger partial charge in [-0.15, -0.1) is 11.3 Å². The smallest absolute Gasteiger partial charge is 0.262 e. The molecule has 3 aromatic rings. The number of fused-ring (bicyclic) bond motifs is 2. The van der Waals surface area contributed by atoms with Crippen molar-refractivity contribution >= 4 is 33.0 Å². The van der Waals surface area contributed by atoms with Crippen molar-refractivity contribution in [1.29, 1.82) is 5.26 Å². The van der Waals surface area contributed by atoms with Gasteiger partial charge in [0.25, 0.3) is 5.91 Å². The molecule has 2 aromatic carbocycles. The third-order valence-electron chi connectivity index (χ3n) is 4.39. The lowest BCUT2D eigenvalue weighted by molar-refractivity contribution is -0.118. The molecule has 0 aliphatic heterocycles. The maximum atomic E-state index is 12.3. The van der Waals surface area contributed by atoms with E-state index in [9.17, 15) is 10.1 Å². The highest BCUT2D eigenvalue weighted by Gasteiger charge is 2.23. The first kappa shape index (κ1) is 15.7. The molecule has 5 heteroatoms. The van der Waals surface area contributed by atoms with Gasteiger partial charge in [-0.2, -0.15) is 5.26 Å². The quantitative estimate of drug-likeness (QED) is 0.765. The largest absolute Gasteiger partial charge is 0.483 e. The van der Waals surface area contributed by atoms with Crippen molar-refractivity contribution in [1.82, 2.24) is 0 Å². The molecular weight excluding hydrogens is 332 g/mol. The van der Waals surface area contributed by atoms with Crippen LogP contribution in [0, 0.1) is 11.3 Å². The standard InChI is InChI=1S/C20H16N2O2S/c21-11-16-15-8-4-10-18(15)25-20(16)22-19(23)12-24-17-9-3-6-13-5-1-2-7-14(13)17/h1-3,5-7,9H,4,8,10,12H2,(H,22,23). The van der Waals surface area contributed by atoms with Crippen molar-refractivity contribution in [3.63, 3.8) is 0 Å². The Bertz CT molecular complexity index is 995. The van der Waals surface area contributed by atoms with Crippen molar-refractivity contribution in [3.8, 4) is 11.8 Å². The van der Waals surface area contributed by atoms with E-state index in [-0.39, 0.29) is 12.5 Å². The minimum Gasteiger partial charge on any atom is -0.483 e. The molecule has 1 heterocycles. The molecule has 1 aromatic heterocycles. The summed E-state index contributed by atoms with van der Waals surface area (Å²) >= 11 is 1.52. The zero-order valence-electron chi connectivity index (χ0n) is 13.5. The monoisotopic (exact) mass is 348 g/mol. The van der Waals surface area contributed by atoms with E-state index in [2.05, 4.69) is 11.4 Å². The maximum absolute atomic E-state index is 12.3. The topological polar surface area (TPSA) is 62.1 Å². The van der Waals surface area contributed by atoms with E-state index in [0.29, 0.717) is 16.3 Å². The molecule has 124 valence electrons. The summed E-state index contributed by atoms with van der Waals surface area (Å²) in [7, 11) is 0. The summed E-state index contributed by atoms with van der Waals surface area (Å²) in [5, 5.41) is 14.9. The second kappa shape index (κ2) is 6.58. The van der Waals surface area contributed by atoms with Gasteiger partial charge >= 0.3 is 0 Å². The summed E-state index contributed by atoms with van der Waals surface area (Å²) in [6.07, 6.45) is 3.02. The van der Waals surface area contributed by atoms with Crippen LogP contribution in [0.25, 0.3) is 10.8 Å². The van der Waals surface area contributed by atoms with Gasteiger partial charge < -0.3 is 10.1 Å². The fraction of sp³-hybridized carbons (Fsp3) is 0.200. The number of nitrogens with zero attached hydrogens (tertiary/aromatic N) is 1. The van der Waals surface area contributed by atoms with Gasteiger partial charge in [0.15, 0.2) is 6.61 Å². The Kier molecular flexibility index (Phi) is 4.12. The SMILES string of the molecule is N#Cc1c(NC(=O)COc2cccc3ccccc23)sc2c1CCC2. The lowest BCUT2D eigenvalue weighted by Gasteiger charge is -2.09. The molecule has 0 atom stereocenters. The van der Waals surface area contributed by atoms with Crippen molar-refractivity contribution in [2.75, 3.05) is 11.9 Å². The highest BCUT2D eigenvalue weighted by molar-refractivity contribution is 7.16. The normalized spacial score (nSPS) is 12.6. The number of amides is 1. The number of carbonyl (C=O) groups is 1. The Hall–Kier alpha value is -2.84. The average molecular weight is 348 g/mol. The molecule has 25 heavy (non-hydrogen) atoms. The van der Waals surface area contributed by atoms with E-state index in [0.717, 1.165) is 35.6 Å². The first-order valence-electron chi connectivity index (χ1n) is 8.21. The van der Waals surface area contributed by atoms with Crippen molar-refractivity contribution < 1.29 is 9.53 Å². The minimum atomic E-state index is -0.246. The second-order valence-electron chi connectivity index (χ2n) is 5.99. The number of nitrogens with one attached hydrogen (secondary N) is 1. The Morgan fingerprint density at radius 2 is 2.04 bits per heavy atom. The van der Waals surface area contributed by atoms with Gasteiger partial charge in [-0.3, -0.25) is 4.79 Å². The van der Waals surface area contributed by atoms with Crippen LogP contribution >= 0.6 is 11.3 Å². The summed E-state index contributed by atoms with van der Waals surface area (Å²) in [6, 6.07) is 15.9. The number of thiophene rings is 1. The van der Waals surface area contributed by atoms with Gasteiger partial charge in [0.05, 0.1) is 5.56 Å². The second-order valence-corrected chi connectivity index (χ2v) is 7.09. The van der Waals surface area contributed by atoms with Gasteiger partial charge in [-0.25, -0.2) is 0 Å². The zero-order valence-corrected chi connectivity index (χ0v) is 14.4. The number of carbonyl (C=O) groups excluding carboxylic acids is 1. The molecule has 0 saturated carbocycles. The molecule has 1 amide bonds. The third kappa shape index (κ3) is 2.97. The highest BCUT2D eigenvalue weighted by Crippen LogP contribution is 2.38. The number of nitriles is 1. The summed E-state index contributed by atoms with van der Waals surface area (Å²) in [5.41, 5.74) is 1.73. The van der Waals surface area contributed by atoms with E-state index in [1.165, 1.54) is 16.2 Å². The van der Waals surface area contributed by atoms with Gasteiger partial charge in [-0.1, -0.05) is 36.4 Å². The van der Waals surface area contributed by atoms with Crippen LogP contribution < -0.4 is 10.1 Å². The molecular formula is C20H16N2O2S. The zero-order chi connectivity index (χ0) is 17.2. The Labute approximate surface area is 149 Å². The summed E-state index contributed by atoms with van der Waals surface area (Å²) in [5.74, 6) is 0.437. The molecule has 0 spiro atoms. The van der Waals surface area contributed by atoms with Crippen molar-refractivity contribution in [3.05, 3.63) is 58.5 Å². The van der Waals surface area contributed by atoms with Crippen molar-refractivity contribution in [2.24, 2.45) is 0 Å². The fourth-order valence-corrected chi connectivity index (χ4v) is 4.49. The Morgan fingerprint density at radius 3 is 2.92 bits per heavy atom. The molecule has 4 nitrogen and oxygen atoms in total. The summed E-state index contributed by atoms with van der Waals surface area (Å²) in [4.78, 5) is 13.5. The molecule has 0 saturated heterocycles. The molecule has 0 bridgehead atoms. The highest BCUT2D eigenvalue weighted by atomic mass is 32.1. The Morgan fingerprint density at radius 1 is 1.20 bits per heavy atom. The molecule has 0 unspecified atom stereocenters. The number of hydrogen-bond acceptors (Lipinski definition) is 4. The van der Waals surface area contributed by atoms with Crippen LogP contribution in [0.2, 0.25) is 0 Å². The number of rotatable bonds is 4. The lowest BCUT2D eigenvalue weighted by atomic mass is 10.1. The van der Waals surface area contributed by atoms with Gasteiger partial charge in [0.1, 0.15) is 16.8 Å². The van der Waals surface area contributed by atoms with Crippen LogP contribution in [-0.2, 0) is 17.6 Å². The lowest BCUT2D eigenvalue weighted by Crippen LogP contribution is -2.20. The molecule has 1 aliphatic rings. The van der Waals surface area contributed by atoms with Crippen LogP contribution in [0.4, 0.5) is 5.00 Å². The van der Waals surface area contributed by atoms with E-state index in [1.54, 1.807) is 0 Å². The van der Waals surface area contributed by atoms with Gasteiger partial charge in [-0.05, 0) is 36.3 Å². The number of aryl methyl sites for hydroxylation is 1. The first-order valence-corrected chi connectivity index (χ1v) is 9.03. The maximum Gasteiger partial charge on any atom is 0.262 e. The van der Waals surface area contributed by atoms with E-state index < -0.39 is 0 Å².